The van der Waals surface area contributed by atoms with Crippen LogP contribution in [0.5, 0.6) is 5.88 Å². The molecule has 4 nitrogen and oxygen atoms in total. The van der Waals surface area contributed by atoms with Crippen LogP contribution >= 0.6 is 15.9 Å². The van der Waals surface area contributed by atoms with E-state index < -0.39 is 0 Å². The monoisotopic (exact) mass is 421 g/mol. The third-order valence-electron chi connectivity index (χ3n) is 4.02. The number of aromatic nitrogens is 1. The first-order chi connectivity index (χ1) is 12.3. The number of ether oxygens (including phenoxy) is 1. The lowest BCUT2D eigenvalue weighted by atomic mass is 9.99. The molecule has 0 aliphatic rings. The molecular formula is C20H25BrFN3O. The molecule has 2 aromatic rings. The molecule has 0 radical (unpaired) electrons. The van der Waals surface area contributed by atoms with Crippen LogP contribution in [-0.2, 0) is 0 Å². The second-order valence-corrected chi connectivity index (χ2v) is 7.39. The molecule has 0 saturated heterocycles. The molecule has 0 aliphatic heterocycles. The van der Waals surface area contributed by atoms with E-state index in [9.17, 15) is 4.39 Å². The third kappa shape index (κ3) is 5.27. The summed E-state index contributed by atoms with van der Waals surface area (Å²) < 4.78 is 20.5. The largest absolute Gasteiger partial charge is 0.468 e. The first-order valence-electron chi connectivity index (χ1n) is 8.65. The first kappa shape index (κ1) is 20.4. The van der Waals surface area contributed by atoms with Gasteiger partial charge < -0.3 is 9.64 Å². The van der Waals surface area contributed by atoms with Crippen LogP contribution in [0.15, 0.2) is 39.8 Å². The van der Waals surface area contributed by atoms with Crippen LogP contribution < -0.4 is 4.74 Å². The van der Waals surface area contributed by atoms with E-state index in [0.29, 0.717) is 5.88 Å². The van der Waals surface area contributed by atoms with Crippen molar-refractivity contribution in [3.8, 4) is 5.88 Å². The maximum absolute atomic E-state index is 13.6. The molecule has 26 heavy (non-hydrogen) atoms. The normalized spacial score (nSPS) is 12.6. The smallest absolute Gasteiger partial charge is 0.228 e. The van der Waals surface area contributed by atoms with Gasteiger partial charge in [-0.05, 0) is 59.5 Å². The van der Waals surface area contributed by atoms with Gasteiger partial charge in [0.25, 0.3) is 0 Å². The standard InChI is InChI=1S/C20H25BrFN3O/c1-6-25(5)12-23-18-11-17(21)20(24-14(18)4)26-19(13(2)3)15-8-7-9-16(22)10-15/h7-13,19H,6H2,1-5H3. The molecule has 0 spiro atoms. The molecule has 6 heteroatoms. The van der Waals surface area contributed by atoms with E-state index >= 15 is 0 Å². The summed E-state index contributed by atoms with van der Waals surface area (Å²) in [6.45, 7) is 8.90. The molecule has 0 aliphatic carbocycles. The van der Waals surface area contributed by atoms with Crippen LogP contribution in [0.3, 0.4) is 0 Å². The maximum Gasteiger partial charge on any atom is 0.228 e. The van der Waals surface area contributed by atoms with Gasteiger partial charge in [-0.1, -0.05) is 26.0 Å². The summed E-state index contributed by atoms with van der Waals surface area (Å²) in [6.07, 6.45) is 1.48. The van der Waals surface area contributed by atoms with Gasteiger partial charge in [0.05, 0.1) is 22.2 Å². The van der Waals surface area contributed by atoms with Crippen LogP contribution in [0.25, 0.3) is 0 Å². The van der Waals surface area contributed by atoms with Crippen molar-refractivity contribution in [1.82, 2.24) is 9.88 Å². The minimum absolute atomic E-state index is 0.154. The summed E-state index contributed by atoms with van der Waals surface area (Å²) in [5, 5.41) is 0. The van der Waals surface area contributed by atoms with Crippen LogP contribution in [0.4, 0.5) is 10.1 Å². The Balaban J connectivity index is 2.30. The summed E-state index contributed by atoms with van der Waals surface area (Å²) in [5.74, 6) is 0.361. The van der Waals surface area contributed by atoms with E-state index in [4.69, 9.17) is 4.74 Å². The highest BCUT2D eigenvalue weighted by Crippen LogP contribution is 2.35. The van der Waals surface area contributed by atoms with Crippen molar-refractivity contribution in [2.24, 2.45) is 10.9 Å². The molecule has 140 valence electrons. The van der Waals surface area contributed by atoms with Crippen molar-refractivity contribution in [1.29, 1.82) is 0 Å². The van der Waals surface area contributed by atoms with Gasteiger partial charge in [0.2, 0.25) is 5.88 Å². The Morgan fingerprint density at radius 2 is 2.08 bits per heavy atom. The lowest BCUT2D eigenvalue weighted by Crippen LogP contribution is -2.16. The summed E-state index contributed by atoms with van der Waals surface area (Å²) in [6, 6.07) is 8.39. The molecule has 0 fully saturated rings. The SMILES string of the molecule is CCN(C)C=Nc1cc(Br)c(OC(c2cccc(F)c2)C(C)C)nc1C. The van der Waals surface area contributed by atoms with Crippen molar-refractivity contribution >= 4 is 28.0 Å². The Morgan fingerprint density at radius 1 is 1.35 bits per heavy atom. The quantitative estimate of drug-likeness (QED) is 0.426. The number of nitrogens with zero attached hydrogens (tertiary/aromatic N) is 3. The third-order valence-corrected chi connectivity index (χ3v) is 4.59. The van der Waals surface area contributed by atoms with Gasteiger partial charge in [-0.25, -0.2) is 14.4 Å². The van der Waals surface area contributed by atoms with E-state index in [1.807, 2.05) is 44.9 Å². The highest BCUT2D eigenvalue weighted by Gasteiger charge is 2.21. The molecule has 1 unspecified atom stereocenters. The lowest BCUT2D eigenvalue weighted by molar-refractivity contribution is 0.145. The Labute approximate surface area is 163 Å². The molecule has 2 rings (SSSR count). The Hall–Kier alpha value is -1.95. The fourth-order valence-electron chi connectivity index (χ4n) is 2.40. The second kappa shape index (κ2) is 9.12. The molecule has 0 bridgehead atoms. The zero-order valence-electron chi connectivity index (χ0n) is 15.8. The van der Waals surface area contributed by atoms with Gasteiger partial charge in [-0.3, -0.25) is 0 Å². The van der Waals surface area contributed by atoms with Crippen molar-refractivity contribution in [3.63, 3.8) is 0 Å². The fourth-order valence-corrected chi connectivity index (χ4v) is 2.80. The van der Waals surface area contributed by atoms with Gasteiger partial charge in [0, 0.05) is 13.6 Å². The zero-order valence-corrected chi connectivity index (χ0v) is 17.4. The summed E-state index contributed by atoms with van der Waals surface area (Å²) in [5.41, 5.74) is 2.33. The number of aryl methyl sites for hydroxylation is 1. The van der Waals surface area contributed by atoms with Gasteiger partial charge in [-0.2, -0.15) is 0 Å². The zero-order chi connectivity index (χ0) is 19.3. The summed E-state index contributed by atoms with van der Waals surface area (Å²) >= 11 is 3.52. The van der Waals surface area contributed by atoms with Gasteiger partial charge in [-0.15, -0.1) is 0 Å². The van der Waals surface area contributed by atoms with Crippen LogP contribution in [0.1, 0.15) is 38.1 Å². The number of rotatable bonds is 7. The average molecular weight is 422 g/mol. The van der Waals surface area contributed by atoms with Gasteiger partial charge in [0.1, 0.15) is 11.9 Å². The second-order valence-electron chi connectivity index (χ2n) is 6.54. The van der Waals surface area contributed by atoms with E-state index in [0.717, 1.165) is 28.0 Å². The van der Waals surface area contributed by atoms with E-state index in [1.54, 1.807) is 12.4 Å². The summed E-state index contributed by atoms with van der Waals surface area (Å²) in [7, 11) is 1.96. The van der Waals surface area contributed by atoms with Gasteiger partial charge in [0.15, 0.2) is 0 Å². The minimum atomic E-state index is -0.297. The topological polar surface area (TPSA) is 37.7 Å². The first-order valence-corrected chi connectivity index (χ1v) is 9.44. The minimum Gasteiger partial charge on any atom is -0.468 e. The lowest BCUT2D eigenvalue weighted by Gasteiger charge is -2.23. The Bertz CT molecular complexity index is 780. The Kier molecular flexibility index (Phi) is 7.14. The molecule has 0 amide bonds. The maximum atomic E-state index is 13.6. The Morgan fingerprint density at radius 3 is 2.69 bits per heavy atom. The number of hydrogen-bond acceptors (Lipinski definition) is 3. The highest BCUT2D eigenvalue weighted by atomic mass is 79.9. The number of halogens is 2. The number of hydrogen-bond donors (Lipinski definition) is 0. The number of aliphatic imine (C=N–C) groups is 1. The number of pyridine rings is 1. The molecular weight excluding hydrogens is 397 g/mol. The molecule has 1 aromatic carbocycles. The van der Waals surface area contributed by atoms with Crippen molar-refractivity contribution in [2.45, 2.75) is 33.8 Å². The molecule has 0 N–H and O–H groups in total. The number of benzene rings is 1. The summed E-state index contributed by atoms with van der Waals surface area (Å²) in [4.78, 5) is 11.0. The molecule has 1 heterocycles. The van der Waals surface area contributed by atoms with Crippen LogP contribution in [0, 0.1) is 18.7 Å². The van der Waals surface area contributed by atoms with Crippen molar-refractivity contribution in [3.05, 3.63) is 51.9 Å². The van der Waals surface area contributed by atoms with E-state index in [-0.39, 0.29) is 17.8 Å². The van der Waals surface area contributed by atoms with E-state index in [2.05, 4.69) is 32.8 Å². The van der Waals surface area contributed by atoms with Crippen LogP contribution in [0.2, 0.25) is 0 Å². The van der Waals surface area contributed by atoms with Crippen molar-refractivity contribution < 1.29 is 9.13 Å². The molecule has 1 atom stereocenters. The van der Waals surface area contributed by atoms with E-state index in [1.165, 1.54) is 12.1 Å². The average Bonchev–Trinajstić information content (AvgIpc) is 2.60. The van der Waals surface area contributed by atoms with Crippen LogP contribution in [-0.4, -0.2) is 29.8 Å². The van der Waals surface area contributed by atoms with Crippen molar-refractivity contribution in [2.75, 3.05) is 13.6 Å². The predicted molar refractivity (Wildman–Crippen MR) is 108 cm³/mol. The highest BCUT2D eigenvalue weighted by molar-refractivity contribution is 9.10. The van der Waals surface area contributed by atoms with Gasteiger partial charge >= 0.3 is 0 Å². The molecule has 1 aromatic heterocycles. The molecule has 0 saturated carbocycles. The fraction of sp³-hybridized carbons (Fsp3) is 0.400. The predicted octanol–water partition coefficient (Wildman–Crippen LogP) is 5.68.